The van der Waals surface area contributed by atoms with Gasteiger partial charge in [-0.1, -0.05) is 29.3 Å². The van der Waals surface area contributed by atoms with E-state index in [9.17, 15) is 13.2 Å². The van der Waals surface area contributed by atoms with Crippen molar-refractivity contribution < 1.29 is 13.2 Å². The summed E-state index contributed by atoms with van der Waals surface area (Å²) in [5.74, 6) is -0.705. The van der Waals surface area contributed by atoms with Crippen molar-refractivity contribution in [2.75, 3.05) is 12.3 Å². The summed E-state index contributed by atoms with van der Waals surface area (Å²) in [6.45, 7) is 0.104. The number of rotatable bonds is 7. The maximum Gasteiger partial charge on any atom is 0.252 e. The van der Waals surface area contributed by atoms with Crippen molar-refractivity contribution in [2.24, 2.45) is 0 Å². The summed E-state index contributed by atoms with van der Waals surface area (Å²) in [6.07, 6.45) is 3.18. The second-order valence-corrected chi connectivity index (χ2v) is 7.65. The third kappa shape index (κ3) is 5.76. The third-order valence-electron chi connectivity index (χ3n) is 3.05. The lowest BCUT2D eigenvalue weighted by Gasteiger charge is -2.09. The van der Waals surface area contributed by atoms with Crippen molar-refractivity contribution in [2.45, 2.75) is 6.54 Å². The van der Waals surface area contributed by atoms with Crippen LogP contribution in [0.1, 0.15) is 15.9 Å². The molecule has 0 atom stereocenters. The van der Waals surface area contributed by atoms with Crippen molar-refractivity contribution in [3.05, 3.63) is 63.9 Å². The van der Waals surface area contributed by atoms with Crippen LogP contribution in [-0.4, -0.2) is 31.6 Å². The molecular weight excluding hydrogens is 373 g/mol. The first-order chi connectivity index (χ1) is 11.4. The molecule has 6 nitrogen and oxygen atoms in total. The van der Waals surface area contributed by atoms with Gasteiger partial charge in [0.1, 0.15) is 0 Å². The Hall–Kier alpha value is -1.67. The minimum Gasteiger partial charge on any atom is -0.351 e. The molecule has 128 valence electrons. The Morgan fingerprint density at radius 2 is 2.00 bits per heavy atom. The number of nitrogens with one attached hydrogen (secondary N) is 2. The first-order valence-electron chi connectivity index (χ1n) is 6.97. The van der Waals surface area contributed by atoms with Gasteiger partial charge in [0.2, 0.25) is 10.0 Å². The molecule has 1 aromatic heterocycles. The fourth-order valence-corrected chi connectivity index (χ4v) is 3.23. The molecule has 24 heavy (non-hydrogen) atoms. The standard InChI is InChI=1S/C15H15Cl2N3O3S/c16-12-3-4-13(14(17)8-12)15(21)19-6-7-24(22,23)20-10-11-2-1-5-18-9-11/h1-5,8-9,20H,6-7,10H2,(H,19,21). The molecule has 0 fully saturated rings. The number of carbonyl (C=O) groups excluding carboxylic acids is 1. The van der Waals surface area contributed by atoms with Crippen molar-refractivity contribution in [1.82, 2.24) is 15.0 Å². The summed E-state index contributed by atoms with van der Waals surface area (Å²) in [7, 11) is -3.52. The summed E-state index contributed by atoms with van der Waals surface area (Å²) in [5.41, 5.74) is 0.986. The lowest BCUT2D eigenvalue weighted by Crippen LogP contribution is -2.34. The van der Waals surface area contributed by atoms with Crippen LogP contribution in [0.3, 0.4) is 0 Å². The van der Waals surface area contributed by atoms with Gasteiger partial charge >= 0.3 is 0 Å². The Morgan fingerprint density at radius 3 is 2.67 bits per heavy atom. The van der Waals surface area contributed by atoms with Crippen molar-refractivity contribution in [3.8, 4) is 0 Å². The maximum atomic E-state index is 12.0. The molecule has 2 N–H and O–H groups in total. The van der Waals surface area contributed by atoms with Crippen LogP contribution < -0.4 is 10.0 Å². The zero-order chi connectivity index (χ0) is 17.6. The first kappa shape index (κ1) is 18.7. The highest BCUT2D eigenvalue weighted by Gasteiger charge is 2.13. The fourth-order valence-electron chi connectivity index (χ4n) is 1.84. The minimum absolute atomic E-state index is 0.0415. The lowest BCUT2D eigenvalue weighted by molar-refractivity contribution is 0.0956. The number of pyridine rings is 1. The maximum absolute atomic E-state index is 12.0. The van der Waals surface area contributed by atoms with Gasteiger partial charge in [0.05, 0.1) is 16.3 Å². The van der Waals surface area contributed by atoms with E-state index in [1.54, 1.807) is 24.5 Å². The summed E-state index contributed by atoms with van der Waals surface area (Å²) in [4.78, 5) is 15.9. The number of nitrogens with zero attached hydrogens (tertiary/aromatic N) is 1. The van der Waals surface area contributed by atoms with Crippen LogP contribution in [0.2, 0.25) is 10.0 Å². The van der Waals surface area contributed by atoms with Crippen LogP contribution >= 0.6 is 23.2 Å². The van der Waals surface area contributed by atoms with E-state index in [-0.39, 0.29) is 29.4 Å². The molecule has 0 aliphatic rings. The summed E-state index contributed by atoms with van der Waals surface area (Å²) >= 11 is 11.7. The molecule has 0 aliphatic heterocycles. The molecule has 1 amide bonds. The van der Waals surface area contributed by atoms with E-state index in [1.807, 2.05) is 0 Å². The van der Waals surface area contributed by atoms with E-state index >= 15 is 0 Å². The van der Waals surface area contributed by atoms with Crippen LogP contribution in [0.5, 0.6) is 0 Å². The number of amides is 1. The van der Waals surface area contributed by atoms with Gasteiger partial charge in [0, 0.05) is 30.5 Å². The van der Waals surface area contributed by atoms with Crippen molar-refractivity contribution >= 4 is 39.1 Å². The fraction of sp³-hybridized carbons (Fsp3) is 0.200. The van der Waals surface area contributed by atoms with Gasteiger partial charge in [-0.2, -0.15) is 0 Å². The normalized spacial score (nSPS) is 11.2. The van der Waals surface area contributed by atoms with Crippen LogP contribution in [0.15, 0.2) is 42.7 Å². The van der Waals surface area contributed by atoms with Crippen molar-refractivity contribution in [3.63, 3.8) is 0 Å². The van der Waals surface area contributed by atoms with Gasteiger partial charge < -0.3 is 5.32 Å². The van der Waals surface area contributed by atoms with Gasteiger partial charge in [0.25, 0.3) is 5.91 Å². The van der Waals surface area contributed by atoms with E-state index in [0.29, 0.717) is 5.02 Å². The van der Waals surface area contributed by atoms with Gasteiger partial charge in [-0.25, -0.2) is 13.1 Å². The smallest absolute Gasteiger partial charge is 0.252 e. The highest BCUT2D eigenvalue weighted by Crippen LogP contribution is 2.20. The van der Waals surface area contributed by atoms with Gasteiger partial charge in [-0.3, -0.25) is 9.78 Å². The van der Waals surface area contributed by atoms with Crippen LogP contribution in [0.4, 0.5) is 0 Å². The van der Waals surface area contributed by atoms with Crippen LogP contribution in [-0.2, 0) is 16.6 Å². The zero-order valence-electron chi connectivity index (χ0n) is 12.5. The lowest BCUT2D eigenvalue weighted by atomic mass is 10.2. The van der Waals surface area contributed by atoms with Crippen molar-refractivity contribution in [1.29, 1.82) is 0 Å². The largest absolute Gasteiger partial charge is 0.351 e. The topological polar surface area (TPSA) is 88.2 Å². The molecule has 2 aromatic rings. The number of aromatic nitrogens is 1. The van der Waals surface area contributed by atoms with Gasteiger partial charge in [-0.05, 0) is 29.8 Å². The predicted molar refractivity (Wildman–Crippen MR) is 93.7 cm³/mol. The van der Waals surface area contributed by atoms with E-state index in [1.165, 1.54) is 18.2 Å². The number of carbonyl (C=O) groups is 1. The van der Waals surface area contributed by atoms with Gasteiger partial charge in [-0.15, -0.1) is 0 Å². The highest BCUT2D eigenvalue weighted by atomic mass is 35.5. The van der Waals surface area contributed by atoms with Crippen LogP contribution in [0, 0.1) is 0 Å². The van der Waals surface area contributed by atoms with E-state index in [2.05, 4.69) is 15.0 Å². The second-order valence-electron chi connectivity index (χ2n) is 4.88. The predicted octanol–water partition coefficient (Wildman–Crippen LogP) is 2.24. The number of benzene rings is 1. The Bertz CT molecular complexity index is 814. The molecule has 9 heteroatoms. The second kappa shape index (κ2) is 8.43. The summed E-state index contributed by atoms with van der Waals surface area (Å²) in [6, 6.07) is 7.95. The number of hydrogen-bond acceptors (Lipinski definition) is 4. The highest BCUT2D eigenvalue weighted by molar-refractivity contribution is 7.89. The molecule has 0 bridgehead atoms. The average Bonchev–Trinajstić information content (AvgIpc) is 2.54. The minimum atomic E-state index is -3.52. The molecule has 0 unspecified atom stereocenters. The Kier molecular flexibility index (Phi) is 6.56. The molecule has 0 saturated carbocycles. The molecule has 0 spiro atoms. The van der Waals surface area contributed by atoms with Gasteiger partial charge in [0.15, 0.2) is 0 Å². The molecule has 0 saturated heterocycles. The van der Waals surface area contributed by atoms with Crippen LogP contribution in [0.25, 0.3) is 0 Å². The summed E-state index contributed by atoms with van der Waals surface area (Å²) < 4.78 is 26.3. The number of sulfonamides is 1. The van der Waals surface area contributed by atoms with E-state index in [0.717, 1.165) is 5.56 Å². The molecule has 0 radical (unpaired) electrons. The van der Waals surface area contributed by atoms with E-state index in [4.69, 9.17) is 23.2 Å². The zero-order valence-corrected chi connectivity index (χ0v) is 14.8. The quantitative estimate of drug-likeness (QED) is 0.762. The first-order valence-corrected chi connectivity index (χ1v) is 9.38. The van der Waals surface area contributed by atoms with E-state index < -0.39 is 15.9 Å². The monoisotopic (exact) mass is 387 g/mol. The average molecular weight is 388 g/mol. The Morgan fingerprint density at radius 1 is 1.21 bits per heavy atom. The Balaban J connectivity index is 1.83. The molecule has 2 rings (SSSR count). The molecule has 0 aliphatic carbocycles. The summed E-state index contributed by atoms with van der Waals surface area (Å²) in [5, 5.41) is 3.14. The molecule has 1 heterocycles. The molecule has 1 aromatic carbocycles. The molecular formula is C15H15Cl2N3O3S. The SMILES string of the molecule is O=C(NCCS(=O)(=O)NCc1cccnc1)c1ccc(Cl)cc1Cl. The third-order valence-corrected chi connectivity index (χ3v) is 4.92. The number of halogens is 2. The Labute approximate surface area is 150 Å². The number of hydrogen-bond donors (Lipinski definition) is 2.